The standard InChI is InChI=1S/C28H41N5O4S/c1-6-7-11-22(23(34)25-31-32-27(37-25)38-19(2)3)29-26(36)28(16-9-8-10-17-28)30-24(35)21-14-12-20(13-15-21)18-33(4)5/h12-15,19,22H,6-11,16-18H2,1-5H3,(H,29,36)(H,30,35). The van der Waals surface area contributed by atoms with Gasteiger partial charge in [0.25, 0.3) is 17.0 Å². The molecule has 3 rings (SSSR count). The lowest BCUT2D eigenvalue weighted by Crippen LogP contribution is -2.62. The Kier molecular flexibility index (Phi) is 10.9. The molecule has 2 N–H and O–H groups in total. The molecule has 2 amide bonds. The van der Waals surface area contributed by atoms with Crippen LogP contribution in [0.1, 0.15) is 98.7 Å². The highest BCUT2D eigenvalue weighted by atomic mass is 32.2. The number of ketones is 1. The van der Waals surface area contributed by atoms with E-state index in [1.165, 1.54) is 11.8 Å². The average Bonchev–Trinajstić information content (AvgIpc) is 3.34. The molecule has 1 fully saturated rings. The van der Waals surface area contributed by atoms with Crippen molar-refractivity contribution in [2.45, 2.75) is 101 Å². The fourth-order valence-electron chi connectivity index (χ4n) is 4.66. The molecule has 0 aliphatic heterocycles. The van der Waals surface area contributed by atoms with Gasteiger partial charge in [0.1, 0.15) is 5.54 Å². The van der Waals surface area contributed by atoms with Crippen LogP contribution in [0, 0.1) is 0 Å². The van der Waals surface area contributed by atoms with Crippen molar-refractivity contribution in [2.24, 2.45) is 0 Å². The van der Waals surface area contributed by atoms with Crippen LogP contribution in [-0.2, 0) is 11.3 Å². The first-order valence-corrected chi connectivity index (χ1v) is 14.4. The smallest absolute Gasteiger partial charge is 0.286 e. The highest BCUT2D eigenvalue weighted by Crippen LogP contribution is 2.30. The van der Waals surface area contributed by atoms with Crippen molar-refractivity contribution in [2.75, 3.05) is 14.1 Å². The summed E-state index contributed by atoms with van der Waals surface area (Å²) >= 11 is 1.38. The van der Waals surface area contributed by atoms with Crippen LogP contribution < -0.4 is 10.6 Å². The molecule has 10 heteroatoms. The second kappa shape index (κ2) is 13.9. The third kappa shape index (κ3) is 8.14. The van der Waals surface area contributed by atoms with Crippen LogP contribution in [0.5, 0.6) is 0 Å². The number of carbonyl (C=O) groups excluding carboxylic acids is 3. The fourth-order valence-corrected chi connectivity index (χ4v) is 5.28. The highest BCUT2D eigenvalue weighted by Gasteiger charge is 2.42. The molecule has 1 aromatic heterocycles. The van der Waals surface area contributed by atoms with Crippen LogP contribution in [-0.4, -0.2) is 63.6 Å². The second-order valence-electron chi connectivity index (χ2n) is 10.6. The van der Waals surface area contributed by atoms with E-state index in [0.29, 0.717) is 30.0 Å². The molecule has 2 aromatic rings. The van der Waals surface area contributed by atoms with Gasteiger partial charge < -0.3 is 20.0 Å². The number of nitrogens with one attached hydrogen (secondary N) is 2. The van der Waals surface area contributed by atoms with Gasteiger partial charge in [-0.15, -0.1) is 10.2 Å². The molecule has 0 bridgehead atoms. The zero-order chi connectivity index (χ0) is 27.7. The fraction of sp³-hybridized carbons (Fsp3) is 0.607. The maximum Gasteiger partial charge on any atom is 0.286 e. The quantitative estimate of drug-likeness (QED) is 0.278. The molecule has 9 nitrogen and oxygen atoms in total. The largest absolute Gasteiger partial charge is 0.408 e. The summed E-state index contributed by atoms with van der Waals surface area (Å²) in [5.74, 6) is -1.12. The molecule has 1 unspecified atom stereocenters. The van der Waals surface area contributed by atoms with Crippen LogP contribution in [0.15, 0.2) is 33.9 Å². The van der Waals surface area contributed by atoms with Crippen molar-refractivity contribution in [1.29, 1.82) is 0 Å². The summed E-state index contributed by atoms with van der Waals surface area (Å²) in [6.07, 6.45) is 5.75. The van der Waals surface area contributed by atoms with E-state index in [4.69, 9.17) is 4.42 Å². The van der Waals surface area contributed by atoms with Crippen molar-refractivity contribution in [3.63, 3.8) is 0 Å². The SMILES string of the molecule is CCCCC(NC(=O)C1(NC(=O)c2ccc(CN(C)C)cc2)CCCCC1)C(=O)c1nnc(SC(C)C)o1. The van der Waals surface area contributed by atoms with Gasteiger partial charge in [0.2, 0.25) is 11.7 Å². The number of hydrogen-bond acceptors (Lipinski definition) is 8. The summed E-state index contributed by atoms with van der Waals surface area (Å²) in [4.78, 5) is 42.4. The number of hydrogen-bond donors (Lipinski definition) is 2. The Hall–Kier alpha value is -2.72. The summed E-state index contributed by atoms with van der Waals surface area (Å²) in [7, 11) is 3.99. The van der Waals surface area contributed by atoms with E-state index in [1.807, 2.05) is 47.0 Å². The normalized spacial score (nSPS) is 15.9. The first-order valence-electron chi connectivity index (χ1n) is 13.5. The topological polar surface area (TPSA) is 117 Å². The lowest BCUT2D eigenvalue weighted by Gasteiger charge is -2.37. The van der Waals surface area contributed by atoms with Gasteiger partial charge in [-0.05, 0) is 51.1 Å². The van der Waals surface area contributed by atoms with E-state index < -0.39 is 17.4 Å². The third-order valence-electron chi connectivity index (χ3n) is 6.63. The van der Waals surface area contributed by atoms with E-state index in [1.54, 1.807) is 12.1 Å². The van der Waals surface area contributed by atoms with Crippen LogP contribution in [0.4, 0.5) is 0 Å². The average molecular weight is 544 g/mol. The van der Waals surface area contributed by atoms with E-state index >= 15 is 0 Å². The molecule has 1 aliphatic rings. The van der Waals surface area contributed by atoms with Crippen molar-refractivity contribution in [3.8, 4) is 0 Å². The van der Waals surface area contributed by atoms with Crippen LogP contribution >= 0.6 is 11.8 Å². The summed E-state index contributed by atoms with van der Waals surface area (Å²) in [6.45, 7) is 6.80. The first-order chi connectivity index (χ1) is 18.1. The molecule has 38 heavy (non-hydrogen) atoms. The number of benzene rings is 1. The first kappa shape index (κ1) is 29.8. The summed E-state index contributed by atoms with van der Waals surface area (Å²) in [5.41, 5.74) is 0.533. The van der Waals surface area contributed by atoms with E-state index in [0.717, 1.165) is 44.2 Å². The number of amides is 2. The van der Waals surface area contributed by atoms with E-state index in [2.05, 4.69) is 25.7 Å². The number of rotatable bonds is 13. The molecule has 1 heterocycles. The number of carbonyl (C=O) groups is 3. The molecule has 1 atom stereocenters. The predicted molar refractivity (Wildman–Crippen MR) is 148 cm³/mol. The summed E-state index contributed by atoms with van der Waals surface area (Å²) < 4.78 is 5.59. The van der Waals surface area contributed by atoms with Gasteiger partial charge in [-0.1, -0.05) is 76.8 Å². The van der Waals surface area contributed by atoms with Crippen molar-refractivity contribution >= 4 is 29.4 Å². The molecule has 1 aliphatic carbocycles. The van der Waals surface area contributed by atoms with Gasteiger partial charge in [-0.25, -0.2) is 0 Å². The van der Waals surface area contributed by atoms with Gasteiger partial charge >= 0.3 is 0 Å². The predicted octanol–water partition coefficient (Wildman–Crippen LogP) is 4.62. The number of thioether (sulfide) groups is 1. The zero-order valence-corrected chi connectivity index (χ0v) is 24.0. The molecule has 0 spiro atoms. The van der Waals surface area contributed by atoms with E-state index in [9.17, 15) is 14.4 Å². The molecular formula is C28H41N5O4S. The minimum atomic E-state index is -1.07. The highest BCUT2D eigenvalue weighted by molar-refractivity contribution is 7.99. The van der Waals surface area contributed by atoms with Crippen molar-refractivity contribution < 1.29 is 18.8 Å². The molecular weight excluding hydrogens is 502 g/mol. The monoisotopic (exact) mass is 543 g/mol. The lowest BCUT2D eigenvalue weighted by molar-refractivity contribution is -0.129. The molecule has 1 aromatic carbocycles. The molecule has 0 radical (unpaired) electrons. The minimum absolute atomic E-state index is 0.103. The van der Waals surface area contributed by atoms with Gasteiger partial charge in [0.05, 0.1) is 6.04 Å². The van der Waals surface area contributed by atoms with Crippen LogP contribution in [0.2, 0.25) is 0 Å². The Bertz CT molecular complexity index is 1080. The number of unbranched alkanes of at least 4 members (excludes halogenated alkanes) is 1. The van der Waals surface area contributed by atoms with Gasteiger partial charge in [-0.3, -0.25) is 14.4 Å². The Balaban J connectivity index is 1.77. The Morgan fingerprint density at radius 1 is 1.08 bits per heavy atom. The van der Waals surface area contributed by atoms with Gasteiger partial charge in [-0.2, -0.15) is 0 Å². The van der Waals surface area contributed by atoms with Gasteiger partial charge in [0.15, 0.2) is 0 Å². The second-order valence-corrected chi connectivity index (χ2v) is 12.1. The molecule has 1 saturated carbocycles. The van der Waals surface area contributed by atoms with Crippen molar-refractivity contribution in [3.05, 3.63) is 41.3 Å². The number of aromatic nitrogens is 2. The Morgan fingerprint density at radius 3 is 2.37 bits per heavy atom. The summed E-state index contributed by atoms with van der Waals surface area (Å²) in [6, 6.07) is 6.63. The minimum Gasteiger partial charge on any atom is -0.408 e. The summed E-state index contributed by atoms with van der Waals surface area (Å²) in [5, 5.41) is 14.5. The third-order valence-corrected chi connectivity index (χ3v) is 7.47. The lowest BCUT2D eigenvalue weighted by atomic mass is 9.80. The maximum absolute atomic E-state index is 13.8. The maximum atomic E-state index is 13.8. The van der Waals surface area contributed by atoms with E-state index in [-0.39, 0.29) is 23.0 Å². The number of Topliss-reactive ketones (excluding diaryl/α,β-unsaturated/α-hetero) is 1. The van der Waals surface area contributed by atoms with Crippen LogP contribution in [0.25, 0.3) is 0 Å². The van der Waals surface area contributed by atoms with Crippen LogP contribution in [0.3, 0.4) is 0 Å². The molecule has 0 saturated heterocycles. The Morgan fingerprint density at radius 2 is 1.76 bits per heavy atom. The zero-order valence-electron chi connectivity index (χ0n) is 23.2. The Labute approximate surface area is 229 Å². The van der Waals surface area contributed by atoms with Crippen molar-refractivity contribution in [1.82, 2.24) is 25.7 Å². The number of nitrogens with zero attached hydrogens (tertiary/aromatic N) is 3. The molecule has 208 valence electrons. The van der Waals surface area contributed by atoms with Gasteiger partial charge in [0, 0.05) is 17.4 Å².